The number of carbonyl (C=O) groups excluding carboxylic acids is 3. The SMILES string of the molecule is COc1ccc(C(=O)[C@H]2[C@@H](C(=O)c3cccs3)[C@]3(C(=O)Nc4ccccc43)[C@H]3c4ccccc4C=CN23)cc1OC. The molecule has 1 saturated heterocycles. The van der Waals surface area contributed by atoms with Crippen molar-refractivity contribution < 1.29 is 23.9 Å². The molecule has 3 aliphatic rings. The number of para-hydroxylation sites is 1. The van der Waals surface area contributed by atoms with Gasteiger partial charge in [0.05, 0.1) is 31.1 Å². The minimum atomic E-state index is -1.35. The van der Waals surface area contributed by atoms with Crippen LogP contribution in [0.25, 0.3) is 6.08 Å². The second-order valence-electron chi connectivity index (χ2n) is 10.4. The van der Waals surface area contributed by atoms with E-state index in [0.29, 0.717) is 27.6 Å². The van der Waals surface area contributed by atoms with Gasteiger partial charge in [0, 0.05) is 17.5 Å². The highest BCUT2D eigenvalue weighted by Gasteiger charge is 2.70. The van der Waals surface area contributed by atoms with Gasteiger partial charge >= 0.3 is 0 Å². The number of nitrogens with zero attached hydrogens (tertiary/aromatic N) is 1. The molecule has 4 heterocycles. The smallest absolute Gasteiger partial charge is 0.238 e. The molecule has 1 fully saturated rings. The number of hydrogen-bond acceptors (Lipinski definition) is 7. The molecule has 4 aromatic rings. The third-order valence-electron chi connectivity index (χ3n) is 8.55. The van der Waals surface area contributed by atoms with Crippen LogP contribution in [0, 0.1) is 5.92 Å². The molecule has 7 nitrogen and oxygen atoms in total. The van der Waals surface area contributed by atoms with Crippen LogP contribution >= 0.6 is 11.3 Å². The molecule has 0 aliphatic carbocycles. The van der Waals surface area contributed by atoms with Crippen LogP contribution in [0.2, 0.25) is 0 Å². The summed E-state index contributed by atoms with van der Waals surface area (Å²) in [6, 6.07) is 22.4. The average Bonchev–Trinajstić information content (AvgIpc) is 3.73. The summed E-state index contributed by atoms with van der Waals surface area (Å²) in [5.41, 5.74) is 2.25. The van der Waals surface area contributed by atoms with E-state index in [9.17, 15) is 14.4 Å². The maximum absolute atomic E-state index is 14.7. The highest BCUT2D eigenvalue weighted by atomic mass is 32.1. The van der Waals surface area contributed by atoms with Crippen molar-refractivity contribution in [1.82, 2.24) is 4.90 Å². The average molecular weight is 563 g/mol. The van der Waals surface area contributed by atoms with Crippen molar-refractivity contribution in [2.75, 3.05) is 19.5 Å². The van der Waals surface area contributed by atoms with E-state index >= 15 is 0 Å². The predicted molar refractivity (Wildman–Crippen MR) is 157 cm³/mol. The third kappa shape index (κ3) is 3.47. The Balaban J connectivity index is 1.51. The summed E-state index contributed by atoms with van der Waals surface area (Å²) in [7, 11) is 3.05. The van der Waals surface area contributed by atoms with E-state index in [2.05, 4.69) is 5.32 Å². The van der Waals surface area contributed by atoms with E-state index in [1.165, 1.54) is 25.6 Å². The Labute approximate surface area is 241 Å². The van der Waals surface area contributed by atoms with Gasteiger partial charge in [0.15, 0.2) is 23.1 Å². The van der Waals surface area contributed by atoms with Gasteiger partial charge in [-0.25, -0.2) is 0 Å². The summed E-state index contributed by atoms with van der Waals surface area (Å²) < 4.78 is 10.9. The van der Waals surface area contributed by atoms with E-state index < -0.39 is 23.4 Å². The van der Waals surface area contributed by atoms with Crippen LogP contribution in [-0.2, 0) is 10.2 Å². The molecule has 204 valence electrons. The van der Waals surface area contributed by atoms with Gasteiger partial charge in [-0.1, -0.05) is 48.5 Å². The van der Waals surface area contributed by atoms with Gasteiger partial charge in [0.1, 0.15) is 11.5 Å². The monoisotopic (exact) mass is 562 g/mol. The van der Waals surface area contributed by atoms with Crippen LogP contribution in [0.15, 0.2) is 90.4 Å². The van der Waals surface area contributed by atoms with Crippen molar-refractivity contribution in [2.24, 2.45) is 5.92 Å². The van der Waals surface area contributed by atoms with Crippen LogP contribution in [0.4, 0.5) is 5.69 Å². The molecular formula is C33H26N2O5S. The zero-order valence-electron chi connectivity index (χ0n) is 22.4. The van der Waals surface area contributed by atoms with Crippen molar-refractivity contribution in [3.8, 4) is 11.5 Å². The zero-order valence-corrected chi connectivity index (χ0v) is 23.2. The summed E-state index contributed by atoms with van der Waals surface area (Å²) in [6.45, 7) is 0. The molecule has 0 bridgehead atoms. The fourth-order valence-electron chi connectivity index (χ4n) is 6.90. The number of fused-ring (bicyclic) bond motifs is 6. The van der Waals surface area contributed by atoms with Crippen LogP contribution in [0.1, 0.15) is 42.8 Å². The molecule has 41 heavy (non-hydrogen) atoms. The normalized spacial score (nSPS) is 23.5. The van der Waals surface area contributed by atoms with E-state index in [1.54, 1.807) is 24.3 Å². The van der Waals surface area contributed by atoms with Gasteiger partial charge in [-0.2, -0.15) is 0 Å². The molecule has 3 aromatic carbocycles. The maximum Gasteiger partial charge on any atom is 0.238 e. The number of nitrogens with one attached hydrogen (secondary N) is 1. The topological polar surface area (TPSA) is 84.9 Å². The number of anilines is 1. The lowest BCUT2D eigenvalue weighted by atomic mass is 9.63. The number of hydrogen-bond donors (Lipinski definition) is 1. The van der Waals surface area contributed by atoms with Crippen molar-refractivity contribution >= 4 is 40.6 Å². The lowest BCUT2D eigenvalue weighted by Crippen LogP contribution is -2.49. The Morgan fingerprint density at radius 3 is 2.46 bits per heavy atom. The van der Waals surface area contributed by atoms with Gasteiger partial charge in [-0.3, -0.25) is 14.4 Å². The molecule has 1 amide bonds. The summed E-state index contributed by atoms with van der Waals surface area (Å²) in [5.74, 6) is -0.892. The number of benzene rings is 3. The molecular weight excluding hydrogens is 536 g/mol. The standard InChI is InChI=1S/C33H26N2O5S/c1-39-24-14-13-20(18-25(24)40-2)29(36)28-27(30(37)26-12-7-17-41-26)33(22-10-5-6-11-23(22)34-32(33)38)31-21-9-4-3-8-19(21)15-16-35(28)31/h3-18,27-28,31H,1-2H3,(H,34,38)/t27-,28+,31+,33-/m0/s1. The second-order valence-corrected chi connectivity index (χ2v) is 11.3. The van der Waals surface area contributed by atoms with E-state index in [0.717, 1.165) is 16.7 Å². The van der Waals surface area contributed by atoms with Gasteiger partial charge in [0.2, 0.25) is 5.91 Å². The second kappa shape index (κ2) is 9.45. The highest BCUT2D eigenvalue weighted by molar-refractivity contribution is 7.12. The largest absolute Gasteiger partial charge is 0.493 e. The minimum absolute atomic E-state index is 0.231. The molecule has 1 aromatic heterocycles. The van der Waals surface area contributed by atoms with Crippen LogP contribution in [0.5, 0.6) is 11.5 Å². The number of methoxy groups -OCH3 is 2. The van der Waals surface area contributed by atoms with Gasteiger partial charge in [-0.15, -0.1) is 11.3 Å². The summed E-state index contributed by atoms with van der Waals surface area (Å²) in [4.78, 5) is 46.2. The Morgan fingerprint density at radius 2 is 1.68 bits per heavy atom. The number of thiophene rings is 1. The zero-order chi connectivity index (χ0) is 28.3. The molecule has 8 heteroatoms. The van der Waals surface area contributed by atoms with Crippen LogP contribution in [-0.4, -0.2) is 42.6 Å². The minimum Gasteiger partial charge on any atom is -0.493 e. The molecule has 1 spiro atoms. The lowest BCUT2D eigenvalue weighted by Gasteiger charge is -2.38. The van der Waals surface area contributed by atoms with Gasteiger partial charge in [-0.05, 0) is 58.5 Å². The quantitative estimate of drug-likeness (QED) is 0.302. The molecule has 0 radical (unpaired) electrons. The number of amides is 1. The van der Waals surface area contributed by atoms with Crippen molar-refractivity contribution in [2.45, 2.75) is 17.5 Å². The van der Waals surface area contributed by atoms with Gasteiger partial charge < -0.3 is 19.7 Å². The summed E-state index contributed by atoms with van der Waals surface area (Å²) in [6.07, 6.45) is 3.82. The first kappa shape index (κ1) is 25.3. The maximum atomic E-state index is 14.7. The summed E-state index contributed by atoms with van der Waals surface area (Å²) >= 11 is 1.32. The van der Waals surface area contributed by atoms with Gasteiger partial charge in [0.25, 0.3) is 0 Å². The van der Waals surface area contributed by atoms with Crippen molar-refractivity contribution in [3.05, 3.63) is 118 Å². The number of ketones is 2. The third-order valence-corrected chi connectivity index (χ3v) is 9.44. The first-order valence-corrected chi connectivity index (χ1v) is 14.2. The first-order valence-electron chi connectivity index (χ1n) is 13.3. The Bertz CT molecular complexity index is 1750. The molecule has 0 saturated carbocycles. The van der Waals surface area contributed by atoms with E-state index in [1.807, 2.05) is 77.2 Å². The Kier molecular flexibility index (Phi) is 5.83. The highest BCUT2D eigenvalue weighted by Crippen LogP contribution is 2.62. The molecule has 0 unspecified atom stereocenters. The van der Waals surface area contributed by atoms with Crippen LogP contribution < -0.4 is 14.8 Å². The molecule has 1 N–H and O–H groups in total. The Hall–Kier alpha value is -4.69. The fraction of sp³-hybridized carbons (Fsp3) is 0.182. The summed E-state index contributed by atoms with van der Waals surface area (Å²) in [5, 5.41) is 4.91. The Morgan fingerprint density at radius 1 is 0.902 bits per heavy atom. The predicted octanol–water partition coefficient (Wildman–Crippen LogP) is 5.75. The molecule has 4 atom stereocenters. The fourth-order valence-corrected chi connectivity index (χ4v) is 7.60. The van der Waals surface area contributed by atoms with E-state index in [-0.39, 0.29) is 17.5 Å². The number of carbonyl (C=O) groups is 3. The molecule has 3 aliphatic heterocycles. The van der Waals surface area contributed by atoms with Crippen LogP contribution in [0.3, 0.4) is 0 Å². The van der Waals surface area contributed by atoms with E-state index in [4.69, 9.17) is 9.47 Å². The van der Waals surface area contributed by atoms with Crippen molar-refractivity contribution in [3.63, 3.8) is 0 Å². The molecule has 7 rings (SSSR count). The lowest BCUT2D eigenvalue weighted by molar-refractivity contribution is -0.122. The number of Topliss-reactive ketones (excluding diaryl/α,β-unsaturated/α-hetero) is 2. The number of ether oxygens (including phenoxy) is 2. The number of rotatable bonds is 6. The van der Waals surface area contributed by atoms with Crippen molar-refractivity contribution in [1.29, 1.82) is 0 Å². The first-order chi connectivity index (χ1) is 20.0.